The van der Waals surface area contributed by atoms with E-state index in [1.54, 1.807) is 44.2 Å². The van der Waals surface area contributed by atoms with Crippen LogP contribution < -0.4 is 44.8 Å². The number of aromatic nitrogens is 8. The Kier molecular flexibility index (Phi) is 32.7. The van der Waals surface area contributed by atoms with Crippen molar-refractivity contribution in [3.63, 3.8) is 0 Å². The molecular weight excluding hydrogens is 1580 g/mol. The van der Waals surface area contributed by atoms with E-state index in [2.05, 4.69) is 44.6 Å². The van der Waals surface area contributed by atoms with Gasteiger partial charge in [-0.25, -0.2) is 59.2 Å². The molecular formula is C70H93N14O28P3. The highest BCUT2D eigenvalue weighted by atomic mass is 31.2. The molecule has 0 radical (unpaired) electrons. The second-order valence-corrected chi connectivity index (χ2v) is 32.1. The van der Waals surface area contributed by atoms with Gasteiger partial charge in [0.15, 0.2) is 6.23 Å². The quantitative estimate of drug-likeness (QED) is 0.0159. The summed E-state index contributed by atoms with van der Waals surface area (Å²) in [5.41, 5.74) is -5.09. The molecule has 0 aliphatic carbocycles. The maximum atomic E-state index is 15.7. The number of phosphoric acid groups is 3. The van der Waals surface area contributed by atoms with Gasteiger partial charge in [-0.1, -0.05) is 25.1 Å². The van der Waals surface area contributed by atoms with Gasteiger partial charge >= 0.3 is 46.2 Å². The number of carbonyl (C=O) groups is 1. The number of benzene rings is 1. The molecule has 5 unspecified atom stereocenters. The molecule has 0 spiro atoms. The highest BCUT2D eigenvalue weighted by Gasteiger charge is 2.53. The second kappa shape index (κ2) is 41.6. The monoisotopic (exact) mass is 1670 g/mol. The van der Waals surface area contributed by atoms with Crippen molar-refractivity contribution in [1.82, 2.24) is 43.1 Å². The maximum absolute atomic E-state index is 15.7. The first-order chi connectivity index (χ1) is 54.9. The summed E-state index contributed by atoms with van der Waals surface area (Å²) in [6, 6.07) is 7.76. The molecule has 8 heterocycles. The third-order valence-corrected chi connectivity index (χ3v) is 22.8. The van der Waals surface area contributed by atoms with Gasteiger partial charge in [-0.3, -0.25) is 98.0 Å². The van der Waals surface area contributed by atoms with Crippen molar-refractivity contribution < 1.29 is 97.1 Å². The minimum absolute atomic E-state index is 0.0100. The first kappa shape index (κ1) is 90.5. The number of nitrogens with one attached hydrogen (secondary N) is 4. The van der Waals surface area contributed by atoms with E-state index >= 15 is 13.7 Å². The van der Waals surface area contributed by atoms with Crippen LogP contribution in [0, 0.1) is 54.0 Å². The van der Waals surface area contributed by atoms with E-state index in [4.69, 9.17) is 105 Å². The molecule has 4 aliphatic heterocycles. The van der Waals surface area contributed by atoms with Crippen molar-refractivity contribution in [2.75, 3.05) is 98.1 Å². The molecule has 4 saturated heterocycles. The van der Waals surface area contributed by atoms with E-state index in [9.17, 15) is 38.4 Å². The molecule has 4 fully saturated rings. The van der Waals surface area contributed by atoms with Crippen LogP contribution in [0.3, 0.4) is 0 Å². The normalized spacial score (nSPS) is 24.6. The number of ether oxygens (including phenoxy) is 8. The van der Waals surface area contributed by atoms with E-state index in [1.165, 1.54) is 46.5 Å². The minimum atomic E-state index is -5.28. The topological polar surface area (TPSA) is 457 Å². The zero-order valence-corrected chi connectivity index (χ0v) is 67.4. The fraction of sp³-hybridized carbons (Fsp3) is 0.614. The van der Waals surface area contributed by atoms with Gasteiger partial charge in [0.1, 0.15) is 93.7 Å². The summed E-state index contributed by atoms with van der Waals surface area (Å²) < 4.78 is 156. The number of phosphoric ester groups is 3. The lowest BCUT2D eigenvalue weighted by atomic mass is 10.1. The van der Waals surface area contributed by atoms with Crippen LogP contribution >= 0.6 is 23.5 Å². The Morgan fingerprint density at radius 1 is 0.548 bits per heavy atom. The molecule has 115 heavy (non-hydrogen) atoms. The number of carbonyl (C=O) groups excluding carboxylic acids is 1. The Morgan fingerprint density at radius 2 is 0.974 bits per heavy atom. The van der Waals surface area contributed by atoms with Crippen molar-refractivity contribution in [1.29, 1.82) is 0 Å². The van der Waals surface area contributed by atoms with Crippen LogP contribution in [-0.2, 0) is 92.3 Å². The number of hydrogen-bond donors (Lipinski definition) is 4. The number of nitrogens with zero attached hydrogens (tertiary/aromatic N) is 10. The van der Waals surface area contributed by atoms with E-state index in [0.717, 1.165) is 24.5 Å². The molecule has 4 aliphatic rings. The van der Waals surface area contributed by atoms with Crippen LogP contribution in [0.25, 0.3) is 19.4 Å². The predicted molar refractivity (Wildman–Crippen MR) is 403 cm³/mol. The van der Waals surface area contributed by atoms with Crippen LogP contribution in [0.15, 0.2) is 88.7 Å². The SMILES string of the molecule is [C-]#[N+]CCOC(O[C@@H]1C[C@H](n2cc(C)c(NC(=O)c3ccccc3)nc2=O)O[C@@H]1COP(=O)(OCC[N+]#[C-])O[C@@H]1C[C@H](n2cc(C)c(=O)[nH]c2=O)O[C@@H]1COP(=O)(OCC[N+]#[C-])O[C@@H]1C[C@H](n2cc(C)c(=O)[nH]c2=O)O[C@@H]1COP(=O)(OCC[N+]#[C-])O[C@@H]1C(OCCOC)[C@H](n2cc(C)c(=O)[nH]c2=O)O[C@@H]1CC)N(C(C)C)C(C)C. The molecule has 4 aromatic heterocycles. The van der Waals surface area contributed by atoms with Crippen molar-refractivity contribution >= 4 is 35.2 Å². The van der Waals surface area contributed by atoms with Gasteiger partial charge in [0.2, 0.25) is 32.6 Å². The van der Waals surface area contributed by atoms with Crippen LogP contribution in [0.1, 0.15) is 118 Å². The molecule has 17 atom stereocenters. The lowest BCUT2D eigenvalue weighted by molar-refractivity contribution is -0.264. The summed E-state index contributed by atoms with van der Waals surface area (Å²) in [6.07, 6.45) is -15.4. The van der Waals surface area contributed by atoms with Crippen molar-refractivity contribution in [2.24, 2.45) is 0 Å². The summed E-state index contributed by atoms with van der Waals surface area (Å²) in [7, 11) is -14.1. The number of H-pyrrole nitrogens is 3. The molecule has 4 N–H and O–H groups in total. The van der Waals surface area contributed by atoms with Gasteiger partial charge in [0.25, 0.3) is 22.6 Å². The van der Waals surface area contributed by atoms with Crippen molar-refractivity contribution in [3.8, 4) is 0 Å². The largest absolute Gasteiger partial charge is 0.475 e. The van der Waals surface area contributed by atoms with Gasteiger partial charge in [-0.05, 0) is 73.9 Å². The summed E-state index contributed by atoms with van der Waals surface area (Å²) in [5, 5.41) is 2.67. The number of aryl methyl sites for hydroxylation is 4. The summed E-state index contributed by atoms with van der Waals surface area (Å²) >= 11 is 0. The molecule has 45 heteroatoms. The van der Waals surface area contributed by atoms with Gasteiger partial charge in [-0.15, -0.1) is 0 Å². The average molecular weight is 1670 g/mol. The Labute approximate surface area is 658 Å². The zero-order chi connectivity index (χ0) is 83.5. The number of anilines is 1. The van der Waals surface area contributed by atoms with Crippen molar-refractivity contribution in [2.45, 2.75) is 186 Å². The van der Waals surface area contributed by atoms with Crippen molar-refractivity contribution in [3.05, 3.63) is 202 Å². The minimum Gasteiger partial charge on any atom is -0.382 e. The Balaban J connectivity index is 1.04. The van der Waals surface area contributed by atoms with Gasteiger partial charge in [0.05, 0.1) is 45.2 Å². The molecule has 0 saturated carbocycles. The summed E-state index contributed by atoms with van der Waals surface area (Å²) in [5.74, 6) is -0.579. The number of amides is 1. The van der Waals surface area contributed by atoms with E-state index in [0.29, 0.717) is 11.1 Å². The summed E-state index contributed by atoms with van der Waals surface area (Å²) in [4.78, 5) is 132. The van der Waals surface area contributed by atoms with E-state index in [1.807, 2.05) is 32.6 Å². The predicted octanol–water partition coefficient (Wildman–Crippen LogP) is 5.64. The average Bonchev–Trinajstić information content (AvgIpc) is 1.65. The van der Waals surface area contributed by atoms with Crippen LogP contribution in [0.5, 0.6) is 0 Å². The maximum Gasteiger partial charge on any atom is 0.475 e. The number of hydrogen-bond acceptors (Lipinski definition) is 30. The fourth-order valence-electron chi connectivity index (χ4n) is 12.8. The molecule has 0 bridgehead atoms. The van der Waals surface area contributed by atoms with E-state index < -0.39 is 221 Å². The van der Waals surface area contributed by atoms with Crippen LogP contribution in [0.2, 0.25) is 0 Å². The highest BCUT2D eigenvalue weighted by molar-refractivity contribution is 7.49. The van der Waals surface area contributed by atoms with Gasteiger partial charge in [0, 0.05) is 91.1 Å². The van der Waals surface area contributed by atoms with Crippen LogP contribution in [0.4, 0.5) is 5.82 Å². The van der Waals surface area contributed by atoms with Crippen LogP contribution in [-0.4, -0.2) is 215 Å². The fourth-order valence-corrected chi connectivity index (χ4v) is 17.0. The highest BCUT2D eigenvalue weighted by Crippen LogP contribution is 2.58. The first-order valence-electron chi connectivity index (χ1n) is 36.6. The first-order valence-corrected chi connectivity index (χ1v) is 41.0. The third-order valence-electron chi connectivity index (χ3n) is 18.4. The molecule has 1 amide bonds. The molecule has 626 valence electrons. The molecule has 42 nitrogen and oxygen atoms in total. The summed E-state index contributed by atoms with van der Waals surface area (Å²) in [6.45, 7) is 39.3. The lowest BCUT2D eigenvalue weighted by Crippen LogP contribution is -2.50. The smallest absolute Gasteiger partial charge is 0.382 e. The van der Waals surface area contributed by atoms with Gasteiger partial charge < -0.3 is 62.6 Å². The number of rotatable bonds is 43. The molecule has 1 aromatic carbocycles. The van der Waals surface area contributed by atoms with Gasteiger partial charge in [-0.2, -0.15) is 4.98 Å². The zero-order valence-electron chi connectivity index (χ0n) is 64.7. The Bertz CT molecular complexity index is 4940. The Morgan fingerprint density at radius 3 is 1.43 bits per heavy atom. The number of aromatic amines is 3. The standard InChI is InChI=1S/C70H93N14O28P3/c1-15-48-58(59(97-30-29-96-14)65(108-48)83-37-46(9)63(87)79-69(83)92)112-115(95,101-28-24-74-13)104-40-54-51(33-57(107-54)82-36-45(8)62(86)78-68(82)91)111-114(94,100-27-23-73-12)103-39-53-50(32-56(106-53)81-35-44(7)61(85)77-67(81)90)110-113(93,99-26-22-72-11)102-38-52-49(109-70(98-25-21-71-10)84(41(2)3)42(4)5)31-55(105-52)80-34-43(6)60(76-66(80)89)75-64(88)47-19-17-16-18-20-47/h16-20,34-37,41-42,48-59,65,70H,15,21-33,38-40H2,1-9,14H3,(H,77,85,90)(H,78,86,91)(H,79,87,92)(H,75,76,88,89)/t48-,49-,50-,51-,52-,53-,54-,55-,56-,57-,58+,59?,65-,70?,113?,114?,115?/m1/s1. The lowest BCUT2D eigenvalue weighted by Gasteiger charge is -2.38. The second-order valence-electron chi connectivity index (χ2n) is 27.2. The third kappa shape index (κ3) is 23.7. The molecule has 5 aromatic rings. The van der Waals surface area contributed by atoms with E-state index in [-0.39, 0.29) is 80.3 Å². The molecule has 9 rings (SSSR count). The number of methoxy groups -OCH3 is 1. The Hall–Kier alpha value is -8.46.